The monoisotopic (exact) mass is 377 g/mol. The number of nitrogens with zero attached hydrogens (tertiary/aromatic N) is 4. The maximum atomic E-state index is 13.0. The Labute approximate surface area is 161 Å². The van der Waals surface area contributed by atoms with E-state index in [1.165, 1.54) is 0 Å². The Bertz CT molecular complexity index is 697. The molecule has 0 spiro atoms. The highest BCUT2D eigenvalue weighted by atomic mass is 35.5. The van der Waals surface area contributed by atoms with Crippen LogP contribution in [0, 0.1) is 5.92 Å². The van der Waals surface area contributed by atoms with Crippen molar-refractivity contribution in [2.24, 2.45) is 5.92 Å². The number of carbonyl (C=O) groups is 1. The lowest BCUT2D eigenvalue weighted by Gasteiger charge is -2.31. The highest BCUT2D eigenvalue weighted by molar-refractivity contribution is 5.92. The van der Waals surface area contributed by atoms with Crippen molar-refractivity contribution in [2.75, 3.05) is 20.1 Å². The number of piperidine rings is 1. The van der Waals surface area contributed by atoms with Crippen LogP contribution < -0.4 is 5.32 Å². The van der Waals surface area contributed by atoms with Crippen LogP contribution in [-0.2, 0) is 0 Å². The van der Waals surface area contributed by atoms with E-state index in [1.54, 1.807) is 11.1 Å². The van der Waals surface area contributed by atoms with E-state index in [0.29, 0.717) is 17.7 Å². The zero-order valence-corrected chi connectivity index (χ0v) is 16.4. The molecule has 1 saturated heterocycles. The minimum absolute atomic E-state index is 0. The Morgan fingerprint density at radius 2 is 1.88 bits per heavy atom. The molecule has 1 unspecified atom stereocenters. The Balaban J connectivity index is 0.00000243. The molecule has 0 saturated carbocycles. The van der Waals surface area contributed by atoms with E-state index in [1.807, 2.05) is 29.9 Å². The van der Waals surface area contributed by atoms with E-state index in [0.717, 1.165) is 31.5 Å². The van der Waals surface area contributed by atoms with Gasteiger partial charge in [-0.3, -0.25) is 4.79 Å². The molecule has 1 N–H and O–H groups in total. The lowest BCUT2D eigenvalue weighted by Crippen LogP contribution is -2.34. The van der Waals surface area contributed by atoms with Crippen LogP contribution in [0.1, 0.15) is 54.8 Å². The molecule has 0 aliphatic carbocycles. The molecule has 1 aliphatic heterocycles. The number of benzene rings is 1. The topological polar surface area (TPSA) is 63.1 Å². The van der Waals surface area contributed by atoms with Gasteiger partial charge >= 0.3 is 0 Å². The SMILES string of the molecule is CC(C)C(c1ccccc1)N(C)C(=O)c1cn(C2CCNCC2)nn1.Cl. The maximum absolute atomic E-state index is 13.0. The first-order chi connectivity index (χ1) is 12.1. The minimum Gasteiger partial charge on any atom is -0.333 e. The van der Waals surface area contributed by atoms with Gasteiger partial charge in [-0.25, -0.2) is 4.68 Å². The van der Waals surface area contributed by atoms with Crippen molar-refractivity contribution in [1.82, 2.24) is 25.2 Å². The van der Waals surface area contributed by atoms with Gasteiger partial charge in [-0.1, -0.05) is 49.4 Å². The molecule has 1 atom stereocenters. The predicted molar refractivity (Wildman–Crippen MR) is 105 cm³/mol. The Kier molecular flexibility index (Phi) is 7.17. The van der Waals surface area contributed by atoms with Crippen molar-refractivity contribution >= 4 is 18.3 Å². The number of hydrogen-bond donors (Lipinski definition) is 1. The summed E-state index contributed by atoms with van der Waals surface area (Å²) in [5, 5.41) is 11.7. The summed E-state index contributed by atoms with van der Waals surface area (Å²) in [5.74, 6) is 0.221. The minimum atomic E-state index is -0.0808. The van der Waals surface area contributed by atoms with Gasteiger partial charge in [0.15, 0.2) is 5.69 Å². The number of carbonyl (C=O) groups excluding carboxylic acids is 1. The van der Waals surface area contributed by atoms with E-state index in [4.69, 9.17) is 0 Å². The van der Waals surface area contributed by atoms with Crippen LogP contribution >= 0.6 is 12.4 Å². The zero-order chi connectivity index (χ0) is 17.8. The molecule has 1 aromatic heterocycles. The molecule has 6 nitrogen and oxygen atoms in total. The highest BCUT2D eigenvalue weighted by Gasteiger charge is 2.27. The maximum Gasteiger partial charge on any atom is 0.276 e. The van der Waals surface area contributed by atoms with Crippen molar-refractivity contribution in [1.29, 1.82) is 0 Å². The summed E-state index contributed by atoms with van der Waals surface area (Å²) >= 11 is 0. The number of aromatic nitrogens is 3. The molecule has 7 heteroatoms. The van der Waals surface area contributed by atoms with Crippen molar-refractivity contribution in [3.8, 4) is 0 Å². The first-order valence-electron chi connectivity index (χ1n) is 9.02. The van der Waals surface area contributed by atoms with Crippen LogP contribution in [0.15, 0.2) is 36.5 Å². The summed E-state index contributed by atoms with van der Waals surface area (Å²) in [7, 11) is 1.85. The fourth-order valence-electron chi connectivity index (χ4n) is 3.64. The van der Waals surface area contributed by atoms with Crippen molar-refractivity contribution in [2.45, 2.75) is 38.8 Å². The number of rotatable bonds is 5. The molecule has 2 heterocycles. The first-order valence-corrected chi connectivity index (χ1v) is 9.02. The second-order valence-corrected chi connectivity index (χ2v) is 7.08. The average molecular weight is 378 g/mol. The molecule has 26 heavy (non-hydrogen) atoms. The summed E-state index contributed by atoms with van der Waals surface area (Å²) in [6, 6.07) is 10.5. The van der Waals surface area contributed by atoms with Crippen LogP contribution in [-0.4, -0.2) is 45.9 Å². The lowest BCUT2D eigenvalue weighted by atomic mass is 9.94. The molecule has 0 bridgehead atoms. The average Bonchev–Trinajstić information content (AvgIpc) is 3.12. The summed E-state index contributed by atoms with van der Waals surface area (Å²) in [4.78, 5) is 14.7. The molecule has 2 aromatic rings. The van der Waals surface area contributed by atoms with Crippen LogP contribution in [0.4, 0.5) is 0 Å². The lowest BCUT2D eigenvalue weighted by molar-refractivity contribution is 0.0681. The fraction of sp³-hybridized carbons (Fsp3) is 0.526. The smallest absolute Gasteiger partial charge is 0.276 e. The third-order valence-electron chi connectivity index (χ3n) is 4.92. The highest BCUT2D eigenvalue weighted by Crippen LogP contribution is 2.28. The van der Waals surface area contributed by atoms with E-state index < -0.39 is 0 Å². The molecule has 1 aliphatic rings. The second kappa shape index (κ2) is 9.14. The number of amides is 1. The van der Waals surface area contributed by atoms with Gasteiger partial charge in [0.1, 0.15) is 0 Å². The molecule has 3 rings (SSSR count). The largest absolute Gasteiger partial charge is 0.333 e. The van der Waals surface area contributed by atoms with Crippen LogP contribution in [0.3, 0.4) is 0 Å². The number of nitrogens with one attached hydrogen (secondary N) is 1. The van der Waals surface area contributed by atoms with E-state index >= 15 is 0 Å². The van der Waals surface area contributed by atoms with Gasteiger partial charge in [0.2, 0.25) is 0 Å². The molecule has 1 fully saturated rings. The molecular weight excluding hydrogens is 350 g/mol. The molecule has 1 amide bonds. The summed E-state index contributed by atoms with van der Waals surface area (Å²) in [5.41, 5.74) is 1.56. The van der Waals surface area contributed by atoms with Gasteiger partial charge in [0.05, 0.1) is 18.3 Å². The third kappa shape index (κ3) is 4.43. The quantitative estimate of drug-likeness (QED) is 0.869. The molecule has 0 radical (unpaired) electrons. The number of hydrogen-bond acceptors (Lipinski definition) is 4. The molecule has 142 valence electrons. The first kappa shape index (κ1) is 20.4. The Morgan fingerprint density at radius 1 is 1.23 bits per heavy atom. The van der Waals surface area contributed by atoms with Gasteiger partial charge in [0.25, 0.3) is 5.91 Å². The van der Waals surface area contributed by atoms with Crippen molar-refractivity contribution in [3.05, 3.63) is 47.8 Å². The standard InChI is InChI=1S/C19H27N5O.ClH/c1-14(2)18(15-7-5-4-6-8-15)23(3)19(25)17-13-24(22-21-17)16-9-11-20-12-10-16;/h4-8,13-14,16,18,20H,9-12H2,1-3H3;1H. The van der Waals surface area contributed by atoms with Gasteiger partial charge < -0.3 is 10.2 Å². The van der Waals surface area contributed by atoms with Crippen LogP contribution in [0.2, 0.25) is 0 Å². The normalized spacial score (nSPS) is 16.2. The van der Waals surface area contributed by atoms with Gasteiger partial charge in [-0.2, -0.15) is 0 Å². The van der Waals surface area contributed by atoms with Crippen molar-refractivity contribution < 1.29 is 4.79 Å². The van der Waals surface area contributed by atoms with E-state index in [-0.39, 0.29) is 24.4 Å². The predicted octanol–water partition coefficient (Wildman–Crippen LogP) is 3.09. The van der Waals surface area contributed by atoms with Crippen LogP contribution in [0.25, 0.3) is 0 Å². The number of halogens is 1. The van der Waals surface area contributed by atoms with E-state index in [9.17, 15) is 4.79 Å². The van der Waals surface area contributed by atoms with Gasteiger partial charge in [-0.15, -0.1) is 17.5 Å². The summed E-state index contributed by atoms with van der Waals surface area (Å²) in [6.45, 7) is 6.23. The molecule has 1 aromatic carbocycles. The summed E-state index contributed by atoms with van der Waals surface area (Å²) in [6.07, 6.45) is 3.84. The van der Waals surface area contributed by atoms with Gasteiger partial charge in [-0.05, 0) is 37.4 Å². The Morgan fingerprint density at radius 3 is 2.50 bits per heavy atom. The fourth-order valence-corrected chi connectivity index (χ4v) is 3.64. The van der Waals surface area contributed by atoms with Crippen molar-refractivity contribution in [3.63, 3.8) is 0 Å². The Hall–Kier alpha value is -1.92. The third-order valence-corrected chi connectivity index (χ3v) is 4.92. The van der Waals surface area contributed by atoms with E-state index in [2.05, 4.69) is 41.6 Å². The molecular formula is C19H28ClN5O. The van der Waals surface area contributed by atoms with Crippen LogP contribution in [0.5, 0.6) is 0 Å². The second-order valence-electron chi connectivity index (χ2n) is 7.08. The summed E-state index contributed by atoms with van der Waals surface area (Å²) < 4.78 is 1.86. The van der Waals surface area contributed by atoms with Gasteiger partial charge in [0, 0.05) is 7.05 Å². The zero-order valence-electron chi connectivity index (χ0n) is 15.6.